The third-order valence-corrected chi connectivity index (χ3v) is 5.60. The number of aliphatic carboxylic acids is 1. The van der Waals surface area contributed by atoms with Crippen molar-refractivity contribution in [3.05, 3.63) is 35.4 Å². The van der Waals surface area contributed by atoms with Gasteiger partial charge in [-0.25, -0.2) is 0 Å². The number of rotatable bonds is 6. The summed E-state index contributed by atoms with van der Waals surface area (Å²) >= 11 is 0. The van der Waals surface area contributed by atoms with Gasteiger partial charge in [-0.3, -0.25) is 9.69 Å². The molecular formula is C21H32N2O3. The van der Waals surface area contributed by atoms with Crippen molar-refractivity contribution in [2.24, 2.45) is 5.92 Å². The largest absolute Gasteiger partial charge is 0.481 e. The van der Waals surface area contributed by atoms with Crippen LogP contribution in [0.4, 0.5) is 0 Å². The van der Waals surface area contributed by atoms with Gasteiger partial charge >= 0.3 is 5.97 Å². The Balaban J connectivity index is 1.42. The van der Waals surface area contributed by atoms with Gasteiger partial charge in [0.05, 0.1) is 18.1 Å². The number of carboxylic acids is 1. The molecule has 1 aliphatic heterocycles. The molecule has 2 unspecified atom stereocenters. The molecule has 2 aliphatic rings. The summed E-state index contributed by atoms with van der Waals surface area (Å²) in [7, 11) is 0. The molecule has 3 rings (SSSR count). The molecule has 1 saturated carbocycles. The summed E-state index contributed by atoms with van der Waals surface area (Å²) < 4.78 is 5.80. The van der Waals surface area contributed by atoms with Crippen LogP contribution in [0.3, 0.4) is 0 Å². The van der Waals surface area contributed by atoms with Crippen molar-refractivity contribution >= 4 is 5.97 Å². The van der Waals surface area contributed by atoms with Gasteiger partial charge in [0, 0.05) is 32.2 Å². The summed E-state index contributed by atoms with van der Waals surface area (Å²) in [6.45, 7) is 8.10. The van der Waals surface area contributed by atoms with Gasteiger partial charge in [0.2, 0.25) is 0 Å². The molecule has 0 aromatic heterocycles. The number of benzene rings is 1. The molecule has 0 radical (unpaired) electrons. The number of morpholine rings is 1. The Hall–Kier alpha value is -1.43. The highest BCUT2D eigenvalue weighted by Gasteiger charge is 2.25. The maximum atomic E-state index is 11.0. The molecule has 1 aliphatic carbocycles. The minimum Gasteiger partial charge on any atom is -0.481 e. The van der Waals surface area contributed by atoms with Gasteiger partial charge in [-0.2, -0.15) is 0 Å². The summed E-state index contributed by atoms with van der Waals surface area (Å²) in [5.74, 6) is -0.777. The fraction of sp³-hybridized carbons (Fsp3) is 0.667. The quantitative estimate of drug-likeness (QED) is 0.816. The van der Waals surface area contributed by atoms with Gasteiger partial charge in [0.15, 0.2) is 0 Å². The zero-order chi connectivity index (χ0) is 18.5. The van der Waals surface area contributed by atoms with Crippen LogP contribution in [0.2, 0.25) is 0 Å². The lowest BCUT2D eigenvalue weighted by Gasteiger charge is -2.35. The van der Waals surface area contributed by atoms with Crippen LogP contribution in [0.25, 0.3) is 0 Å². The number of carboxylic acid groups (broad SMARTS) is 1. The van der Waals surface area contributed by atoms with E-state index >= 15 is 0 Å². The van der Waals surface area contributed by atoms with Crippen molar-refractivity contribution in [2.75, 3.05) is 13.1 Å². The van der Waals surface area contributed by atoms with Crippen LogP contribution in [0.15, 0.2) is 24.3 Å². The molecule has 0 spiro atoms. The molecule has 1 saturated heterocycles. The molecule has 2 fully saturated rings. The molecule has 1 aromatic rings. The lowest BCUT2D eigenvalue weighted by atomic mass is 9.86. The fourth-order valence-electron chi connectivity index (χ4n) is 4.24. The van der Waals surface area contributed by atoms with Gasteiger partial charge in [-0.05, 0) is 50.7 Å². The first-order valence-corrected chi connectivity index (χ1v) is 9.91. The van der Waals surface area contributed by atoms with Crippen molar-refractivity contribution in [2.45, 2.75) is 70.9 Å². The first-order chi connectivity index (χ1) is 12.5. The van der Waals surface area contributed by atoms with E-state index in [-0.39, 0.29) is 5.92 Å². The normalized spacial score (nSPS) is 30.2. The molecule has 26 heavy (non-hydrogen) atoms. The second-order valence-corrected chi connectivity index (χ2v) is 8.04. The highest BCUT2D eigenvalue weighted by molar-refractivity contribution is 5.70. The second-order valence-electron chi connectivity index (χ2n) is 8.04. The number of carbonyl (C=O) groups is 1. The Bertz CT molecular complexity index is 571. The molecule has 1 aromatic carbocycles. The first kappa shape index (κ1) is 19.3. The maximum Gasteiger partial charge on any atom is 0.306 e. The van der Waals surface area contributed by atoms with Crippen LogP contribution < -0.4 is 5.32 Å². The molecule has 5 heteroatoms. The average Bonchev–Trinajstić information content (AvgIpc) is 2.60. The van der Waals surface area contributed by atoms with E-state index in [1.165, 1.54) is 11.1 Å². The predicted molar refractivity (Wildman–Crippen MR) is 102 cm³/mol. The SMILES string of the molecule is CC1CN(Cc2ccc(CNC3CCC(C(=O)O)CC3)cc2)CC(C)O1. The van der Waals surface area contributed by atoms with E-state index in [0.717, 1.165) is 51.9 Å². The van der Waals surface area contributed by atoms with E-state index in [0.29, 0.717) is 18.2 Å². The van der Waals surface area contributed by atoms with E-state index in [1.54, 1.807) is 0 Å². The van der Waals surface area contributed by atoms with Gasteiger partial charge in [0.1, 0.15) is 0 Å². The number of hydrogen-bond acceptors (Lipinski definition) is 4. The molecule has 2 N–H and O–H groups in total. The Morgan fingerprint density at radius 2 is 1.65 bits per heavy atom. The zero-order valence-corrected chi connectivity index (χ0v) is 16.0. The fourth-order valence-corrected chi connectivity index (χ4v) is 4.24. The smallest absolute Gasteiger partial charge is 0.306 e. The standard InChI is InChI=1S/C21H32N2O3/c1-15-12-23(13-16(2)26-15)14-18-5-3-17(4-6-18)11-22-20-9-7-19(8-10-20)21(24)25/h3-6,15-16,19-20,22H,7-14H2,1-2H3,(H,24,25). The van der Waals surface area contributed by atoms with Crippen LogP contribution in [-0.2, 0) is 22.6 Å². The summed E-state index contributed by atoms with van der Waals surface area (Å²) in [6.07, 6.45) is 4.12. The van der Waals surface area contributed by atoms with Crippen molar-refractivity contribution in [1.29, 1.82) is 0 Å². The Kier molecular flexibility index (Phi) is 6.68. The molecule has 0 bridgehead atoms. The first-order valence-electron chi connectivity index (χ1n) is 9.91. The van der Waals surface area contributed by atoms with Crippen LogP contribution in [-0.4, -0.2) is 47.3 Å². The summed E-state index contributed by atoms with van der Waals surface area (Å²) in [6, 6.07) is 9.31. The Morgan fingerprint density at radius 3 is 2.23 bits per heavy atom. The third kappa shape index (κ3) is 5.53. The highest BCUT2D eigenvalue weighted by Crippen LogP contribution is 2.24. The minimum absolute atomic E-state index is 0.141. The van der Waals surface area contributed by atoms with E-state index in [9.17, 15) is 4.79 Å². The molecule has 2 atom stereocenters. The highest BCUT2D eigenvalue weighted by atomic mass is 16.5. The monoisotopic (exact) mass is 360 g/mol. The summed E-state index contributed by atoms with van der Waals surface area (Å²) in [5, 5.41) is 12.7. The Labute approximate surface area is 156 Å². The number of hydrogen-bond donors (Lipinski definition) is 2. The van der Waals surface area contributed by atoms with Crippen molar-refractivity contribution in [3.63, 3.8) is 0 Å². The molecule has 144 valence electrons. The van der Waals surface area contributed by atoms with Crippen molar-refractivity contribution < 1.29 is 14.6 Å². The van der Waals surface area contributed by atoms with E-state index < -0.39 is 5.97 Å². The average molecular weight is 360 g/mol. The zero-order valence-electron chi connectivity index (χ0n) is 16.0. The maximum absolute atomic E-state index is 11.0. The number of ether oxygens (including phenoxy) is 1. The lowest BCUT2D eigenvalue weighted by Crippen LogP contribution is -2.44. The van der Waals surface area contributed by atoms with Crippen molar-refractivity contribution in [3.8, 4) is 0 Å². The van der Waals surface area contributed by atoms with Gasteiger partial charge in [-0.15, -0.1) is 0 Å². The lowest BCUT2D eigenvalue weighted by molar-refractivity contribution is -0.142. The molecule has 5 nitrogen and oxygen atoms in total. The van der Waals surface area contributed by atoms with Crippen LogP contribution in [0.1, 0.15) is 50.7 Å². The molecule has 1 heterocycles. The van der Waals surface area contributed by atoms with Gasteiger partial charge in [-0.1, -0.05) is 24.3 Å². The van der Waals surface area contributed by atoms with Crippen LogP contribution in [0.5, 0.6) is 0 Å². The van der Waals surface area contributed by atoms with Gasteiger partial charge < -0.3 is 15.2 Å². The van der Waals surface area contributed by atoms with Crippen LogP contribution in [0, 0.1) is 5.92 Å². The minimum atomic E-state index is -0.636. The molecular weight excluding hydrogens is 328 g/mol. The topological polar surface area (TPSA) is 61.8 Å². The van der Waals surface area contributed by atoms with Crippen molar-refractivity contribution in [1.82, 2.24) is 10.2 Å². The second kappa shape index (κ2) is 8.98. The number of nitrogens with zero attached hydrogens (tertiary/aromatic N) is 1. The Morgan fingerprint density at radius 1 is 1.08 bits per heavy atom. The van der Waals surface area contributed by atoms with E-state index in [4.69, 9.17) is 9.84 Å². The van der Waals surface area contributed by atoms with Crippen LogP contribution >= 0.6 is 0 Å². The predicted octanol–water partition coefficient (Wildman–Crippen LogP) is 3.03. The molecule has 0 amide bonds. The summed E-state index contributed by atoms with van der Waals surface area (Å²) in [5.41, 5.74) is 2.63. The van der Waals surface area contributed by atoms with E-state index in [1.807, 2.05) is 0 Å². The third-order valence-electron chi connectivity index (χ3n) is 5.60. The summed E-state index contributed by atoms with van der Waals surface area (Å²) in [4.78, 5) is 13.5. The number of nitrogens with one attached hydrogen (secondary N) is 1. The van der Waals surface area contributed by atoms with Gasteiger partial charge in [0.25, 0.3) is 0 Å². The van der Waals surface area contributed by atoms with E-state index in [2.05, 4.69) is 48.3 Å².